The fourth-order valence-electron chi connectivity index (χ4n) is 1.66. The van der Waals surface area contributed by atoms with E-state index in [1.807, 2.05) is 31.3 Å². The molecule has 0 atom stereocenters. The minimum absolute atomic E-state index is 0.716. The van der Waals surface area contributed by atoms with Crippen molar-refractivity contribution in [1.82, 2.24) is 4.98 Å². The molecule has 0 radical (unpaired) electrons. The molecule has 0 saturated heterocycles. The van der Waals surface area contributed by atoms with E-state index in [4.69, 9.17) is 17.3 Å². The van der Waals surface area contributed by atoms with Crippen LogP contribution >= 0.6 is 11.6 Å². The van der Waals surface area contributed by atoms with Crippen molar-refractivity contribution < 1.29 is 0 Å². The number of rotatable bonds is 3. The molecule has 0 bridgehead atoms. The molecule has 2 aromatic rings. The van der Waals surface area contributed by atoms with E-state index in [0.717, 1.165) is 22.0 Å². The van der Waals surface area contributed by atoms with Crippen LogP contribution in [0.4, 0.5) is 11.4 Å². The highest BCUT2D eigenvalue weighted by Crippen LogP contribution is 2.22. The summed E-state index contributed by atoms with van der Waals surface area (Å²) in [4.78, 5) is 6.09. The summed E-state index contributed by atoms with van der Waals surface area (Å²) in [7, 11) is 2.01. The van der Waals surface area contributed by atoms with E-state index in [-0.39, 0.29) is 0 Å². The van der Waals surface area contributed by atoms with Crippen molar-refractivity contribution in [3.63, 3.8) is 0 Å². The van der Waals surface area contributed by atoms with Gasteiger partial charge in [-0.05, 0) is 35.9 Å². The monoisotopic (exact) mass is 247 g/mol. The fourth-order valence-corrected chi connectivity index (χ4v) is 1.84. The number of hydrogen-bond donors (Lipinski definition) is 1. The summed E-state index contributed by atoms with van der Waals surface area (Å²) in [5.41, 5.74) is 8.60. The second-order valence-electron chi connectivity index (χ2n) is 3.91. The number of aromatic nitrogens is 1. The van der Waals surface area contributed by atoms with Gasteiger partial charge in [0.1, 0.15) is 0 Å². The Bertz CT molecular complexity index is 499. The minimum atomic E-state index is 0.716. The van der Waals surface area contributed by atoms with E-state index in [2.05, 4.69) is 9.88 Å². The van der Waals surface area contributed by atoms with Gasteiger partial charge in [-0.2, -0.15) is 0 Å². The topological polar surface area (TPSA) is 42.1 Å². The van der Waals surface area contributed by atoms with Crippen LogP contribution in [0, 0.1) is 0 Å². The number of nitrogens with two attached hydrogens (primary N) is 1. The van der Waals surface area contributed by atoms with Gasteiger partial charge in [-0.25, -0.2) is 0 Å². The largest absolute Gasteiger partial charge is 0.399 e. The molecule has 4 heteroatoms. The van der Waals surface area contributed by atoms with E-state index in [1.54, 1.807) is 18.5 Å². The molecule has 0 aliphatic carbocycles. The maximum absolute atomic E-state index is 6.13. The molecule has 1 aromatic heterocycles. The highest BCUT2D eigenvalue weighted by molar-refractivity contribution is 6.31. The number of nitrogens with zero attached hydrogens (tertiary/aromatic N) is 2. The Labute approximate surface area is 106 Å². The standard InChI is InChI=1S/C13H14ClN3/c1-17(12-4-6-16-7-5-12)9-10-8-11(15)2-3-13(10)14/h2-8H,9,15H2,1H3. The molecule has 1 aromatic carbocycles. The zero-order valence-corrected chi connectivity index (χ0v) is 10.4. The average molecular weight is 248 g/mol. The first-order valence-corrected chi connectivity index (χ1v) is 5.69. The number of anilines is 2. The molecule has 0 unspecified atom stereocenters. The van der Waals surface area contributed by atoms with Crippen LogP contribution in [0.1, 0.15) is 5.56 Å². The van der Waals surface area contributed by atoms with Crippen molar-refractivity contribution in [2.24, 2.45) is 0 Å². The van der Waals surface area contributed by atoms with Crippen molar-refractivity contribution in [1.29, 1.82) is 0 Å². The normalized spacial score (nSPS) is 10.2. The Morgan fingerprint density at radius 3 is 2.65 bits per heavy atom. The molecule has 88 valence electrons. The van der Waals surface area contributed by atoms with Crippen LogP contribution in [0.3, 0.4) is 0 Å². The van der Waals surface area contributed by atoms with Crippen LogP contribution in [0.25, 0.3) is 0 Å². The predicted octanol–water partition coefficient (Wildman–Crippen LogP) is 2.95. The lowest BCUT2D eigenvalue weighted by molar-refractivity contribution is 0.921. The summed E-state index contributed by atoms with van der Waals surface area (Å²) in [5, 5.41) is 0.736. The summed E-state index contributed by atoms with van der Waals surface area (Å²) in [6.07, 6.45) is 3.54. The minimum Gasteiger partial charge on any atom is -0.399 e. The van der Waals surface area contributed by atoms with Gasteiger partial charge in [0, 0.05) is 42.4 Å². The lowest BCUT2D eigenvalue weighted by atomic mass is 10.2. The van der Waals surface area contributed by atoms with Crippen LogP contribution in [-0.4, -0.2) is 12.0 Å². The smallest absolute Gasteiger partial charge is 0.0457 e. The zero-order valence-electron chi connectivity index (χ0n) is 9.60. The van der Waals surface area contributed by atoms with E-state index in [9.17, 15) is 0 Å². The van der Waals surface area contributed by atoms with Crippen LogP contribution in [0.2, 0.25) is 5.02 Å². The maximum atomic E-state index is 6.13. The summed E-state index contributed by atoms with van der Waals surface area (Å²) in [6.45, 7) is 0.716. The second-order valence-corrected chi connectivity index (χ2v) is 4.32. The SMILES string of the molecule is CN(Cc1cc(N)ccc1Cl)c1ccncc1. The lowest BCUT2D eigenvalue weighted by Gasteiger charge is -2.20. The first-order chi connectivity index (χ1) is 8.16. The molecule has 0 saturated carbocycles. The van der Waals surface area contributed by atoms with Gasteiger partial charge in [0.05, 0.1) is 0 Å². The third kappa shape index (κ3) is 2.88. The Morgan fingerprint density at radius 1 is 1.24 bits per heavy atom. The van der Waals surface area contributed by atoms with Gasteiger partial charge in [-0.15, -0.1) is 0 Å². The average Bonchev–Trinajstić information content (AvgIpc) is 2.35. The van der Waals surface area contributed by atoms with Crippen molar-refractivity contribution in [3.05, 3.63) is 53.3 Å². The van der Waals surface area contributed by atoms with Gasteiger partial charge in [-0.1, -0.05) is 11.6 Å². The van der Waals surface area contributed by atoms with Crippen molar-refractivity contribution in [2.45, 2.75) is 6.54 Å². The van der Waals surface area contributed by atoms with Crippen LogP contribution in [0.5, 0.6) is 0 Å². The van der Waals surface area contributed by atoms with Gasteiger partial charge < -0.3 is 10.6 Å². The van der Waals surface area contributed by atoms with Gasteiger partial charge >= 0.3 is 0 Å². The second kappa shape index (κ2) is 5.06. The maximum Gasteiger partial charge on any atom is 0.0457 e. The molecule has 0 aliphatic heterocycles. The molecule has 2 rings (SSSR count). The number of halogens is 1. The van der Waals surface area contributed by atoms with Gasteiger partial charge in [0.2, 0.25) is 0 Å². The van der Waals surface area contributed by atoms with Crippen molar-refractivity contribution in [2.75, 3.05) is 17.7 Å². The van der Waals surface area contributed by atoms with E-state index in [0.29, 0.717) is 6.54 Å². The summed E-state index contributed by atoms with van der Waals surface area (Å²) < 4.78 is 0. The Kier molecular flexibility index (Phi) is 3.49. The van der Waals surface area contributed by atoms with Crippen LogP contribution < -0.4 is 10.6 Å². The summed E-state index contributed by atoms with van der Waals surface area (Å²) in [5.74, 6) is 0. The van der Waals surface area contributed by atoms with E-state index >= 15 is 0 Å². The Morgan fingerprint density at radius 2 is 1.94 bits per heavy atom. The molecule has 2 N–H and O–H groups in total. The number of hydrogen-bond acceptors (Lipinski definition) is 3. The molecule has 0 fully saturated rings. The molecular weight excluding hydrogens is 234 g/mol. The molecule has 0 aliphatic rings. The predicted molar refractivity (Wildman–Crippen MR) is 72.2 cm³/mol. The van der Waals surface area contributed by atoms with Gasteiger partial charge in [0.15, 0.2) is 0 Å². The third-order valence-electron chi connectivity index (χ3n) is 2.58. The van der Waals surface area contributed by atoms with Crippen molar-refractivity contribution in [3.8, 4) is 0 Å². The van der Waals surface area contributed by atoms with E-state index in [1.165, 1.54) is 0 Å². The molecule has 0 spiro atoms. The van der Waals surface area contributed by atoms with Gasteiger partial charge in [-0.3, -0.25) is 4.98 Å². The molecular formula is C13H14ClN3. The Balaban J connectivity index is 2.18. The molecule has 17 heavy (non-hydrogen) atoms. The molecule has 0 amide bonds. The zero-order chi connectivity index (χ0) is 12.3. The molecule has 3 nitrogen and oxygen atoms in total. The third-order valence-corrected chi connectivity index (χ3v) is 2.95. The quantitative estimate of drug-likeness (QED) is 0.848. The summed E-state index contributed by atoms with van der Waals surface area (Å²) >= 11 is 6.13. The highest BCUT2D eigenvalue weighted by Gasteiger charge is 2.05. The molecule has 1 heterocycles. The van der Waals surface area contributed by atoms with Crippen molar-refractivity contribution >= 4 is 23.0 Å². The number of nitrogen functional groups attached to an aromatic ring is 1. The highest BCUT2D eigenvalue weighted by atomic mass is 35.5. The van der Waals surface area contributed by atoms with Crippen LogP contribution in [0.15, 0.2) is 42.7 Å². The lowest BCUT2D eigenvalue weighted by Crippen LogP contribution is -2.16. The van der Waals surface area contributed by atoms with Crippen LogP contribution in [-0.2, 0) is 6.54 Å². The van der Waals surface area contributed by atoms with E-state index < -0.39 is 0 Å². The number of pyridine rings is 1. The Hall–Kier alpha value is -1.74. The summed E-state index contributed by atoms with van der Waals surface area (Å²) in [6, 6.07) is 9.45. The van der Waals surface area contributed by atoms with Gasteiger partial charge in [0.25, 0.3) is 0 Å². The fraction of sp³-hybridized carbons (Fsp3) is 0.154. The number of benzene rings is 1. The first kappa shape index (κ1) is 11.7. The first-order valence-electron chi connectivity index (χ1n) is 5.32.